The van der Waals surface area contributed by atoms with Crippen molar-refractivity contribution in [1.82, 2.24) is 0 Å². The van der Waals surface area contributed by atoms with Crippen molar-refractivity contribution in [2.24, 2.45) is 11.3 Å². The van der Waals surface area contributed by atoms with E-state index in [2.05, 4.69) is 39.1 Å². The van der Waals surface area contributed by atoms with Gasteiger partial charge < -0.3 is 11.1 Å². The van der Waals surface area contributed by atoms with Crippen molar-refractivity contribution in [3.05, 3.63) is 23.8 Å². The third-order valence-corrected chi connectivity index (χ3v) is 3.72. The minimum absolute atomic E-state index is 0.233. The van der Waals surface area contributed by atoms with Crippen LogP contribution in [0.15, 0.2) is 18.2 Å². The van der Waals surface area contributed by atoms with Crippen molar-refractivity contribution in [3.8, 4) is 6.07 Å². The molecule has 3 N–H and O–H groups in total. The maximum Gasteiger partial charge on any atom is 0.0670 e. The van der Waals surface area contributed by atoms with Crippen molar-refractivity contribution in [1.29, 1.82) is 5.26 Å². The molecule has 98 valence electrons. The predicted octanol–water partition coefficient (Wildman–Crippen LogP) is 3.43. The fourth-order valence-corrected chi connectivity index (χ4v) is 1.49. The molecule has 0 atom stereocenters. The SMILES string of the molecule is CC(C)C(C)(C)CNc1ccc(N)c(CC#N)c1. The Morgan fingerprint density at radius 3 is 2.61 bits per heavy atom. The van der Waals surface area contributed by atoms with Crippen LogP contribution in [0.4, 0.5) is 11.4 Å². The average molecular weight is 245 g/mol. The Balaban J connectivity index is 2.75. The van der Waals surface area contributed by atoms with Crippen LogP contribution in [0.25, 0.3) is 0 Å². The molecule has 3 nitrogen and oxygen atoms in total. The summed E-state index contributed by atoms with van der Waals surface area (Å²) in [6.07, 6.45) is 0.356. The number of nitriles is 1. The molecule has 0 aliphatic rings. The van der Waals surface area contributed by atoms with Gasteiger partial charge >= 0.3 is 0 Å². The van der Waals surface area contributed by atoms with Gasteiger partial charge in [-0.15, -0.1) is 0 Å². The second-order valence-electron chi connectivity index (χ2n) is 5.75. The number of nitrogen functional groups attached to an aromatic ring is 1. The zero-order chi connectivity index (χ0) is 13.8. The Morgan fingerprint density at radius 1 is 1.39 bits per heavy atom. The van der Waals surface area contributed by atoms with Crippen LogP contribution in [-0.4, -0.2) is 6.54 Å². The predicted molar refractivity (Wildman–Crippen MR) is 77.3 cm³/mol. The number of rotatable bonds is 5. The summed E-state index contributed by atoms with van der Waals surface area (Å²) in [7, 11) is 0. The molecular formula is C15H23N3. The fourth-order valence-electron chi connectivity index (χ4n) is 1.49. The molecular weight excluding hydrogens is 222 g/mol. The van der Waals surface area contributed by atoms with Crippen molar-refractivity contribution in [3.63, 3.8) is 0 Å². The van der Waals surface area contributed by atoms with Crippen LogP contribution in [0.1, 0.15) is 33.3 Å². The lowest BCUT2D eigenvalue weighted by atomic mass is 9.81. The Kier molecular flexibility index (Phi) is 4.61. The standard InChI is InChI=1S/C15H23N3/c1-11(2)15(3,4)10-18-13-5-6-14(17)12(9-13)7-8-16/h5-6,9,11,18H,7,10,17H2,1-4H3. The molecule has 0 heterocycles. The highest BCUT2D eigenvalue weighted by atomic mass is 14.9. The molecule has 0 amide bonds. The monoisotopic (exact) mass is 245 g/mol. The Morgan fingerprint density at radius 2 is 2.06 bits per heavy atom. The van der Waals surface area contributed by atoms with Gasteiger partial charge in [-0.2, -0.15) is 5.26 Å². The first-order valence-electron chi connectivity index (χ1n) is 6.36. The van der Waals surface area contributed by atoms with E-state index in [1.807, 2.05) is 18.2 Å². The lowest BCUT2D eigenvalue weighted by Gasteiger charge is -2.30. The Bertz CT molecular complexity index is 442. The van der Waals surface area contributed by atoms with E-state index in [1.165, 1.54) is 0 Å². The molecule has 0 saturated carbocycles. The first-order chi connectivity index (χ1) is 8.36. The molecule has 3 heteroatoms. The number of benzene rings is 1. The van der Waals surface area contributed by atoms with Gasteiger partial charge in [-0.05, 0) is 35.1 Å². The summed E-state index contributed by atoms with van der Waals surface area (Å²) in [4.78, 5) is 0. The fraction of sp³-hybridized carbons (Fsp3) is 0.533. The highest BCUT2D eigenvalue weighted by molar-refractivity contribution is 5.58. The van der Waals surface area contributed by atoms with E-state index in [-0.39, 0.29) is 5.41 Å². The lowest BCUT2D eigenvalue weighted by molar-refractivity contribution is 0.269. The molecule has 0 spiro atoms. The van der Waals surface area contributed by atoms with E-state index in [1.54, 1.807) is 0 Å². The van der Waals surface area contributed by atoms with E-state index in [0.717, 1.165) is 17.8 Å². The molecule has 0 unspecified atom stereocenters. The number of hydrogen-bond acceptors (Lipinski definition) is 3. The molecule has 18 heavy (non-hydrogen) atoms. The second-order valence-corrected chi connectivity index (χ2v) is 5.75. The van der Waals surface area contributed by atoms with Gasteiger partial charge in [0, 0.05) is 17.9 Å². The van der Waals surface area contributed by atoms with Crippen LogP contribution in [-0.2, 0) is 6.42 Å². The number of nitrogens with two attached hydrogens (primary N) is 1. The van der Waals surface area contributed by atoms with Gasteiger partial charge in [0.15, 0.2) is 0 Å². The summed E-state index contributed by atoms with van der Waals surface area (Å²) in [5.41, 5.74) is 8.67. The molecule has 1 rings (SSSR count). The molecule has 0 aliphatic carbocycles. The van der Waals surface area contributed by atoms with E-state index in [0.29, 0.717) is 18.0 Å². The maximum absolute atomic E-state index is 8.74. The zero-order valence-electron chi connectivity index (χ0n) is 11.7. The Hall–Kier alpha value is -1.69. The van der Waals surface area contributed by atoms with Gasteiger partial charge in [0.1, 0.15) is 0 Å². The lowest BCUT2D eigenvalue weighted by Crippen LogP contribution is -2.28. The van der Waals surface area contributed by atoms with Crippen LogP contribution < -0.4 is 11.1 Å². The second kappa shape index (κ2) is 5.77. The average Bonchev–Trinajstić information content (AvgIpc) is 2.30. The minimum atomic E-state index is 0.233. The third kappa shape index (κ3) is 3.66. The summed E-state index contributed by atoms with van der Waals surface area (Å²) in [6.45, 7) is 9.86. The summed E-state index contributed by atoms with van der Waals surface area (Å²) in [6, 6.07) is 7.93. The normalized spacial score (nSPS) is 11.3. The first kappa shape index (κ1) is 14.4. The number of nitrogens with one attached hydrogen (secondary N) is 1. The van der Waals surface area contributed by atoms with Gasteiger partial charge in [-0.1, -0.05) is 27.7 Å². The van der Waals surface area contributed by atoms with Crippen LogP contribution in [0.2, 0.25) is 0 Å². The maximum atomic E-state index is 8.74. The van der Waals surface area contributed by atoms with Crippen LogP contribution in [0, 0.1) is 22.7 Å². The molecule has 0 radical (unpaired) electrons. The molecule has 0 aromatic heterocycles. The summed E-state index contributed by atoms with van der Waals surface area (Å²) < 4.78 is 0. The third-order valence-electron chi connectivity index (χ3n) is 3.72. The number of nitrogens with zero attached hydrogens (tertiary/aromatic N) is 1. The van der Waals surface area contributed by atoms with Crippen molar-refractivity contribution in [2.75, 3.05) is 17.6 Å². The molecule has 0 fully saturated rings. The van der Waals surface area contributed by atoms with Crippen LogP contribution in [0.5, 0.6) is 0 Å². The van der Waals surface area contributed by atoms with Gasteiger partial charge in [-0.3, -0.25) is 0 Å². The quantitative estimate of drug-likeness (QED) is 0.781. The summed E-state index contributed by atoms with van der Waals surface area (Å²) in [5.74, 6) is 0.609. The molecule has 0 bridgehead atoms. The number of anilines is 2. The van der Waals surface area contributed by atoms with E-state index in [4.69, 9.17) is 11.0 Å². The summed E-state index contributed by atoms with van der Waals surface area (Å²) >= 11 is 0. The van der Waals surface area contributed by atoms with Crippen molar-refractivity contribution >= 4 is 11.4 Å². The summed E-state index contributed by atoms with van der Waals surface area (Å²) in [5, 5.41) is 12.2. The molecule has 0 aliphatic heterocycles. The largest absolute Gasteiger partial charge is 0.398 e. The molecule has 0 saturated heterocycles. The molecule has 1 aromatic rings. The van der Waals surface area contributed by atoms with Crippen molar-refractivity contribution in [2.45, 2.75) is 34.1 Å². The van der Waals surface area contributed by atoms with E-state index in [9.17, 15) is 0 Å². The first-order valence-corrected chi connectivity index (χ1v) is 6.36. The molecule has 1 aromatic carbocycles. The smallest absolute Gasteiger partial charge is 0.0670 e. The number of hydrogen-bond donors (Lipinski definition) is 2. The van der Waals surface area contributed by atoms with Crippen LogP contribution >= 0.6 is 0 Å². The van der Waals surface area contributed by atoms with Gasteiger partial charge in [-0.25, -0.2) is 0 Å². The Labute approximate surface area is 110 Å². The highest BCUT2D eigenvalue weighted by Gasteiger charge is 2.21. The van der Waals surface area contributed by atoms with E-state index < -0.39 is 0 Å². The van der Waals surface area contributed by atoms with Gasteiger partial charge in [0.05, 0.1) is 12.5 Å². The zero-order valence-corrected chi connectivity index (χ0v) is 11.7. The van der Waals surface area contributed by atoms with Gasteiger partial charge in [0.2, 0.25) is 0 Å². The minimum Gasteiger partial charge on any atom is -0.398 e. The topological polar surface area (TPSA) is 61.8 Å². The highest BCUT2D eigenvalue weighted by Crippen LogP contribution is 2.27. The van der Waals surface area contributed by atoms with E-state index >= 15 is 0 Å². The van der Waals surface area contributed by atoms with Crippen molar-refractivity contribution < 1.29 is 0 Å². The van der Waals surface area contributed by atoms with Crippen LogP contribution in [0.3, 0.4) is 0 Å². The van der Waals surface area contributed by atoms with Gasteiger partial charge in [0.25, 0.3) is 0 Å².